The van der Waals surface area contributed by atoms with Crippen LogP contribution in [0.2, 0.25) is 0 Å². The van der Waals surface area contributed by atoms with Gasteiger partial charge in [-0.25, -0.2) is 0 Å². The number of anilines is 1. The van der Waals surface area contributed by atoms with Gasteiger partial charge in [-0.2, -0.15) is 0 Å². The van der Waals surface area contributed by atoms with Gasteiger partial charge in [-0.05, 0) is 31.0 Å². The zero-order chi connectivity index (χ0) is 14.7. The average molecular weight is 275 g/mol. The number of benzene rings is 1. The minimum atomic E-state index is -0.649. The van der Waals surface area contributed by atoms with Crippen LogP contribution in [-0.4, -0.2) is 23.8 Å². The molecule has 20 heavy (non-hydrogen) atoms. The van der Waals surface area contributed by atoms with Crippen LogP contribution in [-0.2, 0) is 14.4 Å². The summed E-state index contributed by atoms with van der Waals surface area (Å²) >= 11 is 0. The van der Waals surface area contributed by atoms with E-state index in [1.165, 1.54) is 0 Å². The van der Waals surface area contributed by atoms with E-state index in [9.17, 15) is 14.4 Å². The lowest BCUT2D eigenvalue weighted by Gasteiger charge is -2.23. The van der Waals surface area contributed by atoms with Gasteiger partial charge in [-0.1, -0.05) is 12.1 Å². The molecule has 1 aromatic rings. The summed E-state index contributed by atoms with van der Waals surface area (Å²) < 4.78 is 0. The van der Waals surface area contributed by atoms with Gasteiger partial charge in [0.1, 0.15) is 6.04 Å². The van der Waals surface area contributed by atoms with Crippen molar-refractivity contribution < 1.29 is 14.4 Å². The molecular weight excluding hydrogens is 258 g/mol. The number of piperidine rings is 1. The maximum Gasteiger partial charge on any atom is 0.249 e. The fraction of sp³-hybridized carbons (Fsp3) is 0.357. The van der Waals surface area contributed by atoms with Gasteiger partial charge < -0.3 is 11.1 Å². The minimum absolute atomic E-state index is 0.239. The molecule has 1 aliphatic heterocycles. The number of hydrogen-bond acceptors (Lipinski definition) is 4. The molecule has 1 aromatic carbocycles. The highest BCUT2D eigenvalue weighted by molar-refractivity contribution is 6.02. The van der Waals surface area contributed by atoms with Crippen molar-refractivity contribution in [3.05, 3.63) is 29.8 Å². The Bertz CT molecular complexity index is 556. The van der Waals surface area contributed by atoms with Crippen molar-refractivity contribution in [1.29, 1.82) is 0 Å². The summed E-state index contributed by atoms with van der Waals surface area (Å²) in [7, 11) is 0. The van der Waals surface area contributed by atoms with E-state index >= 15 is 0 Å². The first-order chi connectivity index (χ1) is 9.47. The molecule has 2 atom stereocenters. The summed E-state index contributed by atoms with van der Waals surface area (Å²) in [6.07, 6.45) is 0.573. The van der Waals surface area contributed by atoms with E-state index in [1.807, 2.05) is 6.07 Å². The number of carbonyl (C=O) groups excluding carboxylic acids is 3. The highest BCUT2D eigenvalue weighted by atomic mass is 16.2. The first-order valence-electron chi connectivity index (χ1n) is 6.47. The van der Waals surface area contributed by atoms with Crippen LogP contribution in [0.4, 0.5) is 5.69 Å². The average Bonchev–Trinajstić information content (AvgIpc) is 2.41. The second kappa shape index (κ2) is 5.73. The van der Waals surface area contributed by atoms with Crippen LogP contribution in [0, 0.1) is 0 Å². The molecule has 0 aliphatic carbocycles. The van der Waals surface area contributed by atoms with Gasteiger partial charge in [0, 0.05) is 12.1 Å². The molecule has 0 saturated carbocycles. The van der Waals surface area contributed by atoms with Crippen molar-refractivity contribution in [2.45, 2.75) is 31.7 Å². The molecule has 106 valence electrons. The van der Waals surface area contributed by atoms with Crippen molar-refractivity contribution in [3.8, 4) is 0 Å². The molecule has 1 saturated heterocycles. The Morgan fingerprint density at radius 1 is 1.45 bits per heavy atom. The standard InChI is InChI=1S/C14H17N3O3/c1-8(9-3-2-4-10(15)7-9)13(19)16-11-5-6-12(18)17-14(11)20/h2-4,7-8,11H,5-6,15H2,1H3,(H,16,19)(H,17,18,20). The first kappa shape index (κ1) is 14.0. The molecule has 0 radical (unpaired) electrons. The SMILES string of the molecule is CC(C(=O)NC1CCC(=O)NC1=O)c1cccc(N)c1. The van der Waals surface area contributed by atoms with Crippen LogP contribution in [0.15, 0.2) is 24.3 Å². The Labute approximate surface area is 116 Å². The third kappa shape index (κ3) is 3.14. The van der Waals surface area contributed by atoms with Crippen molar-refractivity contribution in [1.82, 2.24) is 10.6 Å². The lowest BCUT2D eigenvalue weighted by molar-refractivity contribution is -0.137. The summed E-state index contributed by atoms with van der Waals surface area (Å²) in [5, 5.41) is 4.87. The molecule has 6 nitrogen and oxygen atoms in total. The molecule has 2 unspecified atom stereocenters. The Morgan fingerprint density at radius 2 is 2.20 bits per heavy atom. The smallest absolute Gasteiger partial charge is 0.249 e. The fourth-order valence-corrected chi connectivity index (χ4v) is 2.11. The predicted octanol–water partition coefficient (Wildman–Crippen LogP) is 0.294. The maximum absolute atomic E-state index is 12.1. The Balaban J connectivity index is 2.01. The van der Waals surface area contributed by atoms with Crippen LogP contribution >= 0.6 is 0 Å². The van der Waals surface area contributed by atoms with Gasteiger partial charge in [-0.3, -0.25) is 19.7 Å². The number of rotatable bonds is 3. The number of amides is 3. The third-order valence-electron chi connectivity index (χ3n) is 3.36. The summed E-state index contributed by atoms with van der Waals surface area (Å²) in [6, 6.07) is 6.41. The predicted molar refractivity (Wildman–Crippen MR) is 73.6 cm³/mol. The molecule has 0 bridgehead atoms. The molecule has 0 spiro atoms. The largest absolute Gasteiger partial charge is 0.399 e. The van der Waals surface area contributed by atoms with E-state index in [1.54, 1.807) is 25.1 Å². The molecule has 3 amide bonds. The molecule has 6 heteroatoms. The van der Waals surface area contributed by atoms with Crippen LogP contribution in [0.25, 0.3) is 0 Å². The summed E-state index contributed by atoms with van der Waals surface area (Å²) in [5.41, 5.74) is 7.06. The van der Waals surface area contributed by atoms with Gasteiger partial charge in [0.15, 0.2) is 0 Å². The minimum Gasteiger partial charge on any atom is -0.399 e. The van der Waals surface area contributed by atoms with Gasteiger partial charge in [0.2, 0.25) is 17.7 Å². The van der Waals surface area contributed by atoms with Crippen LogP contribution in [0.5, 0.6) is 0 Å². The van der Waals surface area contributed by atoms with E-state index in [0.29, 0.717) is 12.1 Å². The highest BCUT2D eigenvalue weighted by Crippen LogP contribution is 2.18. The zero-order valence-corrected chi connectivity index (χ0v) is 11.2. The molecule has 4 N–H and O–H groups in total. The van der Waals surface area contributed by atoms with Crippen molar-refractivity contribution in [3.63, 3.8) is 0 Å². The summed E-state index contributed by atoms with van der Waals surface area (Å²) in [5.74, 6) is -1.42. The van der Waals surface area contributed by atoms with E-state index in [2.05, 4.69) is 10.6 Å². The third-order valence-corrected chi connectivity index (χ3v) is 3.36. The molecule has 0 aromatic heterocycles. The highest BCUT2D eigenvalue weighted by Gasteiger charge is 2.29. The van der Waals surface area contributed by atoms with E-state index in [-0.39, 0.29) is 18.2 Å². The van der Waals surface area contributed by atoms with E-state index < -0.39 is 17.9 Å². The van der Waals surface area contributed by atoms with Crippen molar-refractivity contribution >= 4 is 23.4 Å². The lowest BCUT2D eigenvalue weighted by Crippen LogP contribution is -2.52. The summed E-state index contributed by atoms with van der Waals surface area (Å²) in [6.45, 7) is 1.75. The maximum atomic E-state index is 12.1. The zero-order valence-electron chi connectivity index (χ0n) is 11.2. The number of imide groups is 1. The molecule has 2 rings (SSSR count). The van der Waals surface area contributed by atoms with E-state index in [4.69, 9.17) is 5.73 Å². The molecule has 1 fully saturated rings. The number of nitrogen functional groups attached to an aromatic ring is 1. The topological polar surface area (TPSA) is 101 Å². The molecule has 1 aliphatic rings. The Hall–Kier alpha value is -2.37. The second-order valence-corrected chi connectivity index (χ2v) is 4.90. The van der Waals surface area contributed by atoms with Crippen LogP contribution < -0.4 is 16.4 Å². The lowest BCUT2D eigenvalue weighted by atomic mass is 9.98. The number of nitrogens with two attached hydrogens (primary N) is 1. The number of hydrogen-bond donors (Lipinski definition) is 3. The quantitative estimate of drug-likeness (QED) is 0.545. The summed E-state index contributed by atoms with van der Waals surface area (Å²) in [4.78, 5) is 34.8. The monoisotopic (exact) mass is 275 g/mol. The Kier molecular flexibility index (Phi) is 4.02. The van der Waals surface area contributed by atoms with Gasteiger partial charge in [0.05, 0.1) is 5.92 Å². The van der Waals surface area contributed by atoms with Crippen molar-refractivity contribution in [2.75, 3.05) is 5.73 Å². The molecule has 1 heterocycles. The molecular formula is C14H17N3O3. The van der Waals surface area contributed by atoms with Gasteiger partial charge in [-0.15, -0.1) is 0 Å². The number of carbonyl (C=O) groups is 3. The first-order valence-corrected chi connectivity index (χ1v) is 6.47. The van der Waals surface area contributed by atoms with Crippen LogP contribution in [0.1, 0.15) is 31.2 Å². The second-order valence-electron chi connectivity index (χ2n) is 4.90. The van der Waals surface area contributed by atoms with Gasteiger partial charge >= 0.3 is 0 Å². The van der Waals surface area contributed by atoms with Gasteiger partial charge in [0.25, 0.3) is 0 Å². The normalized spacial score (nSPS) is 20.1. The number of nitrogens with one attached hydrogen (secondary N) is 2. The van der Waals surface area contributed by atoms with Crippen LogP contribution in [0.3, 0.4) is 0 Å². The Morgan fingerprint density at radius 3 is 2.85 bits per heavy atom. The van der Waals surface area contributed by atoms with Crippen molar-refractivity contribution in [2.24, 2.45) is 0 Å². The fourth-order valence-electron chi connectivity index (χ4n) is 2.11. The van der Waals surface area contributed by atoms with E-state index in [0.717, 1.165) is 5.56 Å².